The molecule has 9 heteroatoms. The standard InChI is InChI=1S/C27H31N5O4/c33-25-13-23-21(24(29-28-23)17-31-6-2-1-3-26(31)34)12-22(25)27(35)32-15-19-5-4-18(11-20(19)16-32)14-30-7-9-36-10-8-30/h4-5,11-13,33H,1-3,6-10,14-17H2,(H,28,29). The molecule has 2 aromatic carbocycles. The average Bonchev–Trinajstić information content (AvgIpc) is 3.48. The molecule has 3 aromatic rings. The number of carbonyl (C=O) groups excluding carboxylic acids is 2. The second-order valence-electron chi connectivity index (χ2n) is 10.0. The molecule has 0 aliphatic carbocycles. The summed E-state index contributed by atoms with van der Waals surface area (Å²) in [5.74, 6) is -0.141. The number of phenols is 1. The lowest BCUT2D eigenvalue weighted by Crippen LogP contribution is -2.35. The molecule has 2 saturated heterocycles. The minimum absolute atomic E-state index is 0.0688. The van der Waals surface area contributed by atoms with E-state index in [2.05, 4.69) is 33.3 Å². The third-order valence-corrected chi connectivity index (χ3v) is 7.54. The number of hydrogen-bond acceptors (Lipinski definition) is 6. The van der Waals surface area contributed by atoms with Crippen molar-refractivity contribution in [2.45, 2.75) is 45.4 Å². The number of benzene rings is 2. The molecular weight excluding hydrogens is 458 g/mol. The van der Waals surface area contributed by atoms with Crippen LogP contribution in [0.4, 0.5) is 0 Å². The number of amides is 2. The fraction of sp³-hybridized carbons (Fsp3) is 0.444. The summed E-state index contributed by atoms with van der Waals surface area (Å²) in [5, 5.41) is 18.8. The predicted octanol–water partition coefficient (Wildman–Crippen LogP) is 2.77. The molecule has 0 unspecified atom stereocenters. The minimum atomic E-state index is -0.207. The van der Waals surface area contributed by atoms with Crippen LogP contribution in [0, 0.1) is 0 Å². The summed E-state index contributed by atoms with van der Waals surface area (Å²) in [6.45, 7) is 6.45. The number of carbonyl (C=O) groups is 2. The number of ether oxygens (including phenoxy) is 1. The summed E-state index contributed by atoms with van der Waals surface area (Å²) in [7, 11) is 0. The maximum absolute atomic E-state index is 13.5. The Kier molecular flexibility index (Phi) is 6.10. The first kappa shape index (κ1) is 23.0. The van der Waals surface area contributed by atoms with Gasteiger partial charge < -0.3 is 19.6 Å². The maximum Gasteiger partial charge on any atom is 0.258 e. The molecule has 3 aliphatic heterocycles. The number of H-pyrrole nitrogens is 1. The van der Waals surface area contributed by atoms with Gasteiger partial charge in [-0.25, -0.2) is 0 Å². The first-order valence-corrected chi connectivity index (χ1v) is 12.7. The summed E-state index contributed by atoms with van der Waals surface area (Å²) >= 11 is 0. The van der Waals surface area contributed by atoms with Crippen LogP contribution in [0.2, 0.25) is 0 Å². The molecule has 0 radical (unpaired) electrons. The van der Waals surface area contributed by atoms with Crippen molar-refractivity contribution in [3.05, 3.63) is 58.3 Å². The molecule has 1 aromatic heterocycles. The number of fused-ring (bicyclic) bond motifs is 2. The molecule has 6 rings (SSSR count). The van der Waals surface area contributed by atoms with Gasteiger partial charge in [0.2, 0.25) is 5.91 Å². The van der Waals surface area contributed by atoms with E-state index in [0.717, 1.165) is 68.7 Å². The molecule has 2 N–H and O–H groups in total. The van der Waals surface area contributed by atoms with Crippen LogP contribution in [0.15, 0.2) is 30.3 Å². The lowest BCUT2D eigenvalue weighted by molar-refractivity contribution is -0.133. The Bertz CT molecular complexity index is 1310. The predicted molar refractivity (Wildman–Crippen MR) is 133 cm³/mol. The molecule has 188 valence electrons. The van der Waals surface area contributed by atoms with E-state index < -0.39 is 0 Å². The smallest absolute Gasteiger partial charge is 0.258 e. The van der Waals surface area contributed by atoms with Crippen LogP contribution in [0.1, 0.15) is 52.0 Å². The number of piperidine rings is 1. The largest absolute Gasteiger partial charge is 0.507 e. The second-order valence-corrected chi connectivity index (χ2v) is 10.0. The highest BCUT2D eigenvalue weighted by atomic mass is 16.5. The van der Waals surface area contributed by atoms with Crippen molar-refractivity contribution in [2.24, 2.45) is 0 Å². The van der Waals surface area contributed by atoms with Gasteiger partial charge in [0.25, 0.3) is 5.91 Å². The van der Waals surface area contributed by atoms with E-state index in [1.165, 1.54) is 5.56 Å². The van der Waals surface area contributed by atoms with E-state index in [0.29, 0.717) is 37.3 Å². The number of likely N-dealkylation sites (tertiary alicyclic amines) is 1. The van der Waals surface area contributed by atoms with E-state index in [4.69, 9.17) is 4.74 Å². The van der Waals surface area contributed by atoms with Crippen LogP contribution in [-0.2, 0) is 35.7 Å². The summed E-state index contributed by atoms with van der Waals surface area (Å²) < 4.78 is 5.45. The summed E-state index contributed by atoms with van der Waals surface area (Å²) in [6.07, 6.45) is 2.48. The van der Waals surface area contributed by atoms with Crippen molar-refractivity contribution >= 4 is 22.7 Å². The third kappa shape index (κ3) is 4.44. The first-order chi connectivity index (χ1) is 17.5. The SMILES string of the molecule is O=C1CCCCN1Cc1n[nH]c2cc(O)c(C(=O)N3Cc4ccc(CN5CCOCC5)cc4C3)cc12. The van der Waals surface area contributed by atoms with Gasteiger partial charge in [0.05, 0.1) is 36.5 Å². The molecule has 36 heavy (non-hydrogen) atoms. The van der Waals surface area contributed by atoms with Gasteiger partial charge in [0.1, 0.15) is 5.75 Å². The number of phenolic OH excluding ortho intramolecular Hbond substituents is 1. The maximum atomic E-state index is 13.5. The van der Waals surface area contributed by atoms with Crippen LogP contribution in [0.25, 0.3) is 10.9 Å². The zero-order valence-corrected chi connectivity index (χ0v) is 20.3. The Hall–Kier alpha value is -3.43. The molecule has 0 spiro atoms. The second kappa shape index (κ2) is 9.55. The van der Waals surface area contributed by atoms with Crippen LogP contribution >= 0.6 is 0 Å². The fourth-order valence-electron chi connectivity index (χ4n) is 5.49. The highest BCUT2D eigenvalue weighted by molar-refractivity contribution is 6.01. The Morgan fingerprint density at radius 1 is 1.03 bits per heavy atom. The molecule has 0 atom stereocenters. The molecule has 4 heterocycles. The number of rotatable bonds is 5. The van der Waals surface area contributed by atoms with Crippen molar-refractivity contribution in [1.82, 2.24) is 24.9 Å². The number of nitrogens with one attached hydrogen (secondary N) is 1. The number of aromatic nitrogens is 2. The zero-order valence-electron chi connectivity index (χ0n) is 20.3. The van der Waals surface area contributed by atoms with E-state index in [1.54, 1.807) is 17.0 Å². The molecule has 3 aliphatic rings. The summed E-state index contributed by atoms with van der Waals surface area (Å²) in [6, 6.07) is 9.73. The average molecular weight is 490 g/mol. The Morgan fingerprint density at radius 2 is 1.86 bits per heavy atom. The van der Waals surface area contributed by atoms with Crippen molar-refractivity contribution in [3.63, 3.8) is 0 Å². The number of morpholine rings is 1. The normalized spacial score (nSPS) is 18.7. The van der Waals surface area contributed by atoms with Crippen LogP contribution in [-0.4, -0.2) is 74.7 Å². The number of aromatic hydroxyl groups is 1. The van der Waals surface area contributed by atoms with E-state index >= 15 is 0 Å². The molecule has 9 nitrogen and oxygen atoms in total. The Balaban J connectivity index is 1.20. The van der Waals surface area contributed by atoms with Gasteiger partial charge in [-0.1, -0.05) is 18.2 Å². The van der Waals surface area contributed by atoms with E-state index in [9.17, 15) is 14.7 Å². The van der Waals surface area contributed by atoms with Crippen LogP contribution in [0.3, 0.4) is 0 Å². The lowest BCUT2D eigenvalue weighted by Gasteiger charge is -2.26. The highest BCUT2D eigenvalue weighted by Gasteiger charge is 2.28. The molecule has 2 fully saturated rings. The lowest BCUT2D eigenvalue weighted by atomic mass is 10.1. The van der Waals surface area contributed by atoms with Crippen molar-refractivity contribution < 1.29 is 19.4 Å². The molecule has 2 amide bonds. The van der Waals surface area contributed by atoms with Gasteiger partial charge in [-0.15, -0.1) is 0 Å². The Labute approximate surface area is 209 Å². The van der Waals surface area contributed by atoms with Crippen molar-refractivity contribution in [2.75, 3.05) is 32.8 Å². The van der Waals surface area contributed by atoms with Gasteiger partial charge in [0, 0.05) is 57.1 Å². The van der Waals surface area contributed by atoms with E-state index in [-0.39, 0.29) is 23.1 Å². The van der Waals surface area contributed by atoms with E-state index in [1.807, 2.05) is 4.90 Å². The van der Waals surface area contributed by atoms with Gasteiger partial charge in [-0.3, -0.25) is 19.6 Å². The van der Waals surface area contributed by atoms with Crippen LogP contribution < -0.4 is 0 Å². The van der Waals surface area contributed by atoms with Gasteiger partial charge in [-0.05, 0) is 35.6 Å². The molecular formula is C27H31N5O4. The number of nitrogens with zero attached hydrogens (tertiary/aromatic N) is 4. The van der Waals surface area contributed by atoms with Gasteiger partial charge >= 0.3 is 0 Å². The summed E-state index contributed by atoms with van der Waals surface area (Å²) in [5.41, 5.74) is 5.17. The van der Waals surface area contributed by atoms with Gasteiger partial charge in [0.15, 0.2) is 0 Å². The minimum Gasteiger partial charge on any atom is -0.507 e. The highest BCUT2D eigenvalue weighted by Crippen LogP contribution is 2.31. The zero-order chi connectivity index (χ0) is 24.6. The quantitative estimate of drug-likeness (QED) is 0.572. The van der Waals surface area contributed by atoms with Crippen molar-refractivity contribution in [1.29, 1.82) is 0 Å². The topological polar surface area (TPSA) is 102 Å². The Morgan fingerprint density at radius 3 is 2.69 bits per heavy atom. The third-order valence-electron chi connectivity index (χ3n) is 7.54. The molecule has 0 bridgehead atoms. The summed E-state index contributed by atoms with van der Waals surface area (Å²) in [4.78, 5) is 31.8. The van der Waals surface area contributed by atoms with Gasteiger partial charge in [-0.2, -0.15) is 5.10 Å². The first-order valence-electron chi connectivity index (χ1n) is 12.7. The molecule has 0 saturated carbocycles. The number of hydrogen-bond donors (Lipinski definition) is 2. The monoisotopic (exact) mass is 489 g/mol. The number of aromatic amines is 1. The fourth-order valence-corrected chi connectivity index (χ4v) is 5.49. The van der Waals surface area contributed by atoms with Crippen LogP contribution in [0.5, 0.6) is 5.75 Å². The van der Waals surface area contributed by atoms with Crippen molar-refractivity contribution in [3.8, 4) is 5.75 Å².